The van der Waals surface area contributed by atoms with Crippen LogP contribution in [-0.2, 0) is 0 Å². The van der Waals surface area contributed by atoms with E-state index in [0.29, 0.717) is 25.9 Å². The van der Waals surface area contributed by atoms with Gasteiger partial charge in [0.1, 0.15) is 0 Å². The van der Waals surface area contributed by atoms with Crippen molar-refractivity contribution in [3.8, 4) is 0 Å². The molecule has 118 valence electrons. The van der Waals surface area contributed by atoms with Crippen LogP contribution in [0.15, 0.2) is 60.7 Å². The predicted molar refractivity (Wildman–Crippen MR) is 91.1 cm³/mol. The maximum Gasteiger partial charge on any atom is 0.0713 e. The highest BCUT2D eigenvalue weighted by Gasteiger charge is 2.09. The van der Waals surface area contributed by atoms with Gasteiger partial charge in [0, 0.05) is 24.5 Å². The minimum Gasteiger partial charge on any atom is -0.391 e. The quantitative estimate of drug-likeness (QED) is 0.575. The molecule has 0 radical (unpaired) electrons. The SMILES string of the molecule is OC(CCC(O)CNc1ccccc1)CNc1ccccc1. The van der Waals surface area contributed by atoms with Gasteiger partial charge in [0.05, 0.1) is 12.2 Å². The van der Waals surface area contributed by atoms with E-state index in [0.717, 1.165) is 11.4 Å². The molecule has 0 aliphatic carbocycles. The minimum atomic E-state index is -0.466. The summed E-state index contributed by atoms with van der Waals surface area (Å²) in [5, 5.41) is 26.3. The first kappa shape index (κ1) is 16.3. The lowest BCUT2D eigenvalue weighted by Crippen LogP contribution is -2.24. The lowest BCUT2D eigenvalue weighted by atomic mass is 10.1. The van der Waals surface area contributed by atoms with Crippen LogP contribution in [0.3, 0.4) is 0 Å². The first-order chi connectivity index (χ1) is 10.7. The molecule has 0 saturated carbocycles. The third kappa shape index (κ3) is 6.16. The maximum absolute atomic E-state index is 9.95. The molecule has 0 saturated heterocycles. The van der Waals surface area contributed by atoms with Crippen LogP contribution in [0.5, 0.6) is 0 Å². The molecule has 0 aromatic heterocycles. The molecule has 0 heterocycles. The summed E-state index contributed by atoms with van der Waals surface area (Å²) in [7, 11) is 0. The fourth-order valence-electron chi connectivity index (χ4n) is 2.17. The lowest BCUT2D eigenvalue weighted by Gasteiger charge is -2.16. The van der Waals surface area contributed by atoms with Gasteiger partial charge in [-0.1, -0.05) is 36.4 Å². The zero-order valence-corrected chi connectivity index (χ0v) is 12.7. The van der Waals surface area contributed by atoms with E-state index in [2.05, 4.69) is 10.6 Å². The lowest BCUT2D eigenvalue weighted by molar-refractivity contribution is 0.126. The van der Waals surface area contributed by atoms with Crippen LogP contribution in [0, 0.1) is 0 Å². The number of aliphatic hydroxyl groups excluding tert-OH is 2. The summed E-state index contributed by atoms with van der Waals surface area (Å²) < 4.78 is 0. The Hall–Kier alpha value is -2.04. The van der Waals surface area contributed by atoms with E-state index >= 15 is 0 Å². The Morgan fingerprint density at radius 3 is 1.36 bits per heavy atom. The average molecular weight is 300 g/mol. The Kier molecular flexibility index (Phi) is 6.74. The summed E-state index contributed by atoms with van der Waals surface area (Å²) >= 11 is 0. The molecule has 0 amide bonds. The molecule has 2 rings (SSSR count). The number of hydrogen-bond acceptors (Lipinski definition) is 4. The van der Waals surface area contributed by atoms with Gasteiger partial charge in [-0.05, 0) is 37.1 Å². The summed E-state index contributed by atoms with van der Waals surface area (Å²) in [6.07, 6.45) is 0.202. The van der Waals surface area contributed by atoms with Crippen LogP contribution < -0.4 is 10.6 Å². The standard InChI is InChI=1S/C18H24N2O2/c21-17(13-19-15-7-3-1-4-8-15)11-12-18(22)14-20-16-9-5-2-6-10-16/h1-10,17-22H,11-14H2. The second-order valence-corrected chi connectivity index (χ2v) is 5.38. The molecule has 22 heavy (non-hydrogen) atoms. The van der Waals surface area contributed by atoms with Gasteiger partial charge < -0.3 is 20.8 Å². The van der Waals surface area contributed by atoms with Crippen LogP contribution in [0.1, 0.15) is 12.8 Å². The molecular formula is C18H24N2O2. The smallest absolute Gasteiger partial charge is 0.0713 e. The second-order valence-electron chi connectivity index (χ2n) is 5.38. The monoisotopic (exact) mass is 300 g/mol. The van der Waals surface area contributed by atoms with Crippen molar-refractivity contribution in [1.29, 1.82) is 0 Å². The van der Waals surface area contributed by atoms with Gasteiger partial charge in [-0.25, -0.2) is 0 Å². The van der Waals surface area contributed by atoms with Crippen LogP contribution in [0.4, 0.5) is 11.4 Å². The van der Waals surface area contributed by atoms with E-state index in [-0.39, 0.29) is 0 Å². The van der Waals surface area contributed by atoms with Gasteiger partial charge >= 0.3 is 0 Å². The molecule has 2 atom stereocenters. The normalized spacial score (nSPS) is 13.4. The molecular weight excluding hydrogens is 276 g/mol. The highest BCUT2D eigenvalue weighted by atomic mass is 16.3. The topological polar surface area (TPSA) is 64.5 Å². The van der Waals surface area contributed by atoms with E-state index < -0.39 is 12.2 Å². The van der Waals surface area contributed by atoms with Crippen molar-refractivity contribution in [2.75, 3.05) is 23.7 Å². The molecule has 4 heteroatoms. The van der Waals surface area contributed by atoms with Crippen molar-refractivity contribution >= 4 is 11.4 Å². The Balaban J connectivity index is 1.60. The van der Waals surface area contributed by atoms with Gasteiger partial charge in [0.2, 0.25) is 0 Å². The summed E-state index contributed by atoms with van der Waals surface area (Å²) in [5.74, 6) is 0. The van der Waals surface area contributed by atoms with Gasteiger partial charge in [-0.15, -0.1) is 0 Å². The molecule has 0 spiro atoms. The zero-order valence-electron chi connectivity index (χ0n) is 12.7. The van der Waals surface area contributed by atoms with Crippen LogP contribution in [-0.4, -0.2) is 35.5 Å². The second kappa shape index (κ2) is 9.07. The van der Waals surface area contributed by atoms with Crippen molar-refractivity contribution in [2.45, 2.75) is 25.0 Å². The van der Waals surface area contributed by atoms with Crippen molar-refractivity contribution < 1.29 is 10.2 Å². The summed E-state index contributed by atoms with van der Waals surface area (Å²) in [6.45, 7) is 0.978. The number of para-hydroxylation sites is 2. The van der Waals surface area contributed by atoms with Crippen molar-refractivity contribution in [3.05, 3.63) is 60.7 Å². The van der Waals surface area contributed by atoms with E-state index in [1.807, 2.05) is 60.7 Å². The number of hydrogen-bond donors (Lipinski definition) is 4. The van der Waals surface area contributed by atoms with E-state index in [1.54, 1.807) is 0 Å². The Morgan fingerprint density at radius 1 is 0.636 bits per heavy atom. The van der Waals surface area contributed by atoms with Crippen molar-refractivity contribution in [2.24, 2.45) is 0 Å². The van der Waals surface area contributed by atoms with E-state index in [4.69, 9.17) is 0 Å². The molecule has 4 N–H and O–H groups in total. The van der Waals surface area contributed by atoms with Gasteiger partial charge in [-0.3, -0.25) is 0 Å². The number of anilines is 2. The van der Waals surface area contributed by atoms with Crippen molar-refractivity contribution in [3.63, 3.8) is 0 Å². The molecule has 2 aromatic rings. The number of rotatable bonds is 9. The van der Waals surface area contributed by atoms with Crippen LogP contribution in [0.2, 0.25) is 0 Å². The van der Waals surface area contributed by atoms with Gasteiger partial charge in [0.15, 0.2) is 0 Å². The highest BCUT2D eigenvalue weighted by molar-refractivity contribution is 5.43. The third-order valence-corrected chi connectivity index (χ3v) is 3.46. The number of nitrogens with one attached hydrogen (secondary N) is 2. The number of benzene rings is 2. The average Bonchev–Trinajstić information content (AvgIpc) is 2.58. The van der Waals surface area contributed by atoms with Gasteiger partial charge in [0.25, 0.3) is 0 Å². The Labute approximate surface area is 131 Å². The zero-order chi connectivity index (χ0) is 15.6. The molecule has 0 aliphatic rings. The van der Waals surface area contributed by atoms with Crippen LogP contribution >= 0.6 is 0 Å². The van der Waals surface area contributed by atoms with Crippen LogP contribution in [0.25, 0.3) is 0 Å². The molecule has 0 fully saturated rings. The summed E-state index contributed by atoms with van der Waals surface area (Å²) in [4.78, 5) is 0. The Morgan fingerprint density at radius 2 is 1.00 bits per heavy atom. The minimum absolute atomic E-state index is 0.466. The predicted octanol–water partition coefficient (Wildman–Crippen LogP) is 2.71. The maximum atomic E-state index is 9.95. The van der Waals surface area contributed by atoms with E-state index in [1.165, 1.54) is 0 Å². The fraction of sp³-hybridized carbons (Fsp3) is 0.333. The summed E-state index contributed by atoms with van der Waals surface area (Å²) in [6, 6.07) is 19.6. The van der Waals surface area contributed by atoms with Gasteiger partial charge in [-0.2, -0.15) is 0 Å². The first-order valence-corrected chi connectivity index (χ1v) is 7.68. The molecule has 2 aromatic carbocycles. The fourth-order valence-corrected chi connectivity index (χ4v) is 2.17. The van der Waals surface area contributed by atoms with E-state index in [9.17, 15) is 10.2 Å². The highest BCUT2D eigenvalue weighted by Crippen LogP contribution is 2.09. The molecule has 2 unspecified atom stereocenters. The molecule has 0 aliphatic heterocycles. The summed E-state index contributed by atoms with van der Waals surface area (Å²) in [5.41, 5.74) is 1.99. The number of aliphatic hydroxyl groups is 2. The Bertz CT molecular complexity index is 470. The van der Waals surface area contributed by atoms with Crippen molar-refractivity contribution in [1.82, 2.24) is 0 Å². The first-order valence-electron chi connectivity index (χ1n) is 7.68. The molecule has 4 nitrogen and oxygen atoms in total. The third-order valence-electron chi connectivity index (χ3n) is 3.46. The molecule has 0 bridgehead atoms. The largest absolute Gasteiger partial charge is 0.391 e.